The van der Waals surface area contributed by atoms with Crippen molar-refractivity contribution in [2.24, 2.45) is 0 Å². The summed E-state index contributed by atoms with van der Waals surface area (Å²) >= 11 is 0. The topological polar surface area (TPSA) is 35.5 Å². The fraction of sp³-hybridized carbons (Fsp3) is 0.700. The van der Waals surface area contributed by atoms with Crippen LogP contribution in [0.25, 0.3) is 0 Å². The summed E-state index contributed by atoms with van der Waals surface area (Å²) in [6, 6.07) is 0. The van der Waals surface area contributed by atoms with Crippen molar-refractivity contribution in [1.82, 2.24) is 0 Å². The molecule has 13 heavy (non-hydrogen) atoms. The molecule has 1 fully saturated rings. The van der Waals surface area contributed by atoms with Crippen molar-refractivity contribution in [2.45, 2.75) is 38.2 Å². The predicted molar refractivity (Wildman–Crippen MR) is 47.0 cm³/mol. The number of ether oxygens (including phenoxy) is 2. The zero-order valence-electron chi connectivity index (χ0n) is 7.84. The lowest BCUT2D eigenvalue weighted by atomic mass is 10.0. The number of rotatable bonds is 1. The van der Waals surface area contributed by atoms with Gasteiger partial charge in [-0.2, -0.15) is 0 Å². The van der Waals surface area contributed by atoms with Gasteiger partial charge < -0.3 is 9.47 Å². The van der Waals surface area contributed by atoms with Crippen LogP contribution in [0.2, 0.25) is 0 Å². The maximum absolute atomic E-state index is 10.8. The van der Waals surface area contributed by atoms with Crippen LogP contribution in [0.15, 0.2) is 11.8 Å². The summed E-state index contributed by atoms with van der Waals surface area (Å²) in [4.78, 5) is 10.8. The molecule has 0 radical (unpaired) electrons. The van der Waals surface area contributed by atoms with E-state index in [1.165, 1.54) is 19.8 Å². The Bertz CT molecular complexity index is 249. The molecule has 1 heterocycles. The third-order valence-electron chi connectivity index (χ3n) is 2.74. The molecule has 0 aromatic rings. The second kappa shape index (κ2) is 3.14. The van der Waals surface area contributed by atoms with E-state index in [-0.39, 0.29) is 11.6 Å². The van der Waals surface area contributed by atoms with Crippen molar-refractivity contribution >= 4 is 5.97 Å². The first-order valence-corrected chi connectivity index (χ1v) is 4.76. The average molecular weight is 182 g/mol. The Labute approximate surface area is 77.7 Å². The first-order valence-electron chi connectivity index (χ1n) is 4.76. The lowest BCUT2D eigenvalue weighted by molar-refractivity contribution is -0.140. The minimum atomic E-state index is -0.247. The highest BCUT2D eigenvalue weighted by Gasteiger charge is 2.43. The predicted octanol–water partition coefficient (Wildman–Crippen LogP) is 1.78. The molecule has 0 aromatic carbocycles. The van der Waals surface area contributed by atoms with Gasteiger partial charge in [-0.05, 0) is 31.8 Å². The van der Waals surface area contributed by atoms with Crippen LogP contribution in [0.1, 0.15) is 32.6 Å². The summed E-state index contributed by atoms with van der Waals surface area (Å²) in [5.74, 6) is 0.500. The first-order chi connectivity index (χ1) is 6.23. The van der Waals surface area contributed by atoms with Crippen molar-refractivity contribution in [2.75, 3.05) is 6.61 Å². The van der Waals surface area contributed by atoms with Gasteiger partial charge in [0.2, 0.25) is 0 Å². The van der Waals surface area contributed by atoms with Crippen molar-refractivity contribution in [1.29, 1.82) is 0 Å². The van der Waals surface area contributed by atoms with E-state index in [1.54, 1.807) is 0 Å². The van der Waals surface area contributed by atoms with Gasteiger partial charge in [0.15, 0.2) is 0 Å². The van der Waals surface area contributed by atoms with E-state index >= 15 is 0 Å². The molecular formula is C10H14O3. The smallest absolute Gasteiger partial charge is 0.307 e. The number of hydrogen-bond donors (Lipinski definition) is 0. The molecule has 2 rings (SSSR count). The van der Waals surface area contributed by atoms with Crippen molar-refractivity contribution in [3.05, 3.63) is 11.8 Å². The molecule has 3 heteroatoms. The molecule has 1 saturated carbocycles. The van der Waals surface area contributed by atoms with Gasteiger partial charge in [-0.15, -0.1) is 0 Å². The Morgan fingerprint density at radius 2 is 2.23 bits per heavy atom. The second-order valence-electron chi connectivity index (χ2n) is 3.67. The van der Waals surface area contributed by atoms with Crippen LogP contribution in [0.4, 0.5) is 0 Å². The maximum Gasteiger partial charge on any atom is 0.307 e. The first kappa shape index (κ1) is 8.75. The average Bonchev–Trinajstić information content (AvgIpc) is 2.64. The summed E-state index contributed by atoms with van der Waals surface area (Å²) in [5, 5.41) is 0. The fourth-order valence-corrected chi connectivity index (χ4v) is 2.16. The van der Waals surface area contributed by atoms with E-state index in [0.717, 1.165) is 18.6 Å². The molecule has 0 atom stereocenters. The summed E-state index contributed by atoms with van der Waals surface area (Å²) in [6.45, 7) is 2.02. The number of carbonyl (C=O) groups is 1. The molecule has 1 aliphatic carbocycles. The molecule has 0 N–H and O–H groups in total. The van der Waals surface area contributed by atoms with Crippen LogP contribution in [0, 0.1) is 0 Å². The minimum absolute atomic E-state index is 0.244. The largest absolute Gasteiger partial charge is 0.428 e. The Morgan fingerprint density at radius 3 is 2.85 bits per heavy atom. The van der Waals surface area contributed by atoms with Crippen LogP contribution in [-0.4, -0.2) is 18.2 Å². The van der Waals surface area contributed by atoms with Gasteiger partial charge in [-0.25, -0.2) is 0 Å². The van der Waals surface area contributed by atoms with Crippen LogP contribution >= 0.6 is 0 Å². The molecule has 72 valence electrons. The van der Waals surface area contributed by atoms with Gasteiger partial charge >= 0.3 is 5.97 Å². The third kappa shape index (κ3) is 1.48. The number of esters is 1. The Hall–Kier alpha value is -0.830. The second-order valence-corrected chi connectivity index (χ2v) is 3.67. The zero-order valence-corrected chi connectivity index (χ0v) is 7.84. The Morgan fingerprint density at radius 1 is 1.54 bits per heavy atom. The molecule has 0 aromatic heterocycles. The SMILES string of the molecule is CC(=O)OC1=CCOC12CCCC2. The van der Waals surface area contributed by atoms with Gasteiger partial charge in [0.1, 0.15) is 11.4 Å². The Kier molecular flexibility index (Phi) is 2.12. The lowest BCUT2D eigenvalue weighted by Gasteiger charge is -2.24. The quantitative estimate of drug-likeness (QED) is 0.580. The van der Waals surface area contributed by atoms with Gasteiger partial charge in [0, 0.05) is 6.92 Å². The summed E-state index contributed by atoms with van der Waals surface area (Å²) < 4.78 is 10.8. The lowest BCUT2D eigenvalue weighted by Crippen LogP contribution is -2.29. The summed E-state index contributed by atoms with van der Waals surface area (Å²) in [6.07, 6.45) is 6.20. The van der Waals surface area contributed by atoms with Gasteiger partial charge in [-0.1, -0.05) is 0 Å². The van der Waals surface area contributed by atoms with E-state index in [4.69, 9.17) is 9.47 Å². The van der Waals surface area contributed by atoms with Crippen molar-refractivity contribution in [3.8, 4) is 0 Å². The normalized spacial score (nSPS) is 24.8. The third-order valence-corrected chi connectivity index (χ3v) is 2.74. The molecule has 0 bridgehead atoms. The molecule has 3 nitrogen and oxygen atoms in total. The highest BCUT2D eigenvalue weighted by Crippen LogP contribution is 2.42. The van der Waals surface area contributed by atoms with E-state index < -0.39 is 0 Å². The zero-order chi connectivity index (χ0) is 9.31. The number of hydrogen-bond acceptors (Lipinski definition) is 3. The van der Waals surface area contributed by atoms with Gasteiger partial charge in [0.25, 0.3) is 0 Å². The molecule has 1 spiro atoms. The minimum Gasteiger partial charge on any atom is -0.428 e. The molecule has 0 unspecified atom stereocenters. The summed E-state index contributed by atoms with van der Waals surface area (Å²) in [5.41, 5.74) is -0.244. The highest BCUT2D eigenvalue weighted by atomic mass is 16.6. The van der Waals surface area contributed by atoms with Crippen LogP contribution in [0.5, 0.6) is 0 Å². The molecule has 0 amide bonds. The molecule has 1 aliphatic heterocycles. The molecule has 2 aliphatic rings. The molecule has 0 saturated heterocycles. The highest BCUT2D eigenvalue weighted by molar-refractivity contribution is 5.67. The van der Waals surface area contributed by atoms with Crippen LogP contribution in [0.3, 0.4) is 0 Å². The number of carbonyl (C=O) groups excluding carboxylic acids is 1. The van der Waals surface area contributed by atoms with Crippen LogP contribution < -0.4 is 0 Å². The van der Waals surface area contributed by atoms with E-state index in [2.05, 4.69) is 0 Å². The monoisotopic (exact) mass is 182 g/mol. The van der Waals surface area contributed by atoms with E-state index in [1.807, 2.05) is 6.08 Å². The standard InChI is InChI=1S/C10H14O3/c1-8(11)13-9-4-7-12-10(9)5-2-3-6-10/h4H,2-3,5-7H2,1H3. The Balaban J connectivity index is 2.12. The van der Waals surface area contributed by atoms with E-state index in [9.17, 15) is 4.79 Å². The van der Waals surface area contributed by atoms with Gasteiger partial charge in [-0.3, -0.25) is 4.79 Å². The molecular weight excluding hydrogens is 168 g/mol. The van der Waals surface area contributed by atoms with E-state index in [0.29, 0.717) is 6.61 Å². The summed E-state index contributed by atoms with van der Waals surface area (Å²) in [7, 11) is 0. The van der Waals surface area contributed by atoms with Crippen molar-refractivity contribution in [3.63, 3.8) is 0 Å². The van der Waals surface area contributed by atoms with Gasteiger partial charge in [0.05, 0.1) is 6.61 Å². The maximum atomic E-state index is 10.8. The van der Waals surface area contributed by atoms with Crippen molar-refractivity contribution < 1.29 is 14.3 Å². The van der Waals surface area contributed by atoms with Crippen LogP contribution in [-0.2, 0) is 14.3 Å². The fourth-order valence-electron chi connectivity index (χ4n) is 2.16.